The number of halogens is 1. The van der Waals surface area contributed by atoms with Crippen LogP contribution in [0, 0.1) is 19.3 Å². The van der Waals surface area contributed by atoms with E-state index in [1.807, 2.05) is 6.92 Å². The zero-order valence-electron chi connectivity index (χ0n) is 17.2. The van der Waals surface area contributed by atoms with E-state index < -0.39 is 17.3 Å². The maximum atomic E-state index is 14.7. The van der Waals surface area contributed by atoms with Crippen LogP contribution in [0.3, 0.4) is 0 Å². The number of anilines is 2. The van der Waals surface area contributed by atoms with E-state index in [2.05, 4.69) is 10.2 Å². The zero-order chi connectivity index (χ0) is 22.3. The van der Waals surface area contributed by atoms with E-state index in [9.17, 15) is 14.0 Å². The van der Waals surface area contributed by atoms with Crippen molar-refractivity contribution in [1.29, 1.82) is 0 Å². The Kier molecular flexibility index (Phi) is 5.23. The summed E-state index contributed by atoms with van der Waals surface area (Å²) in [7, 11) is 1.44. The van der Waals surface area contributed by atoms with Gasteiger partial charge in [-0.05, 0) is 67.9 Å². The molecule has 0 unspecified atom stereocenters. The van der Waals surface area contributed by atoms with Crippen molar-refractivity contribution in [3.63, 3.8) is 0 Å². The second-order valence-corrected chi connectivity index (χ2v) is 8.19. The first kappa shape index (κ1) is 20.9. The van der Waals surface area contributed by atoms with Crippen LogP contribution in [0.25, 0.3) is 4.85 Å². The molecule has 1 aliphatic heterocycles. The number of thiocarbonyl (C=S) groups is 1. The number of carbonyl (C=O) groups excluding carboxylic acids is 2. The highest BCUT2D eigenvalue weighted by atomic mass is 32.1. The van der Waals surface area contributed by atoms with Gasteiger partial charge in [-0.1, -0.05) is 18.9 Å². The number of amides is 2. The third-order valence-electron chi connectivity index (χ3n) is 6.08. The first-order valence-electron chi connectivity index (χ1n) is 10.0. The molecule has 1 aliphatic carbocycles. The van der Waals surface area contributed by atoms with E-state index in [0.717, 1.165) is 18.4 Å². The Hall–Kier alpha value is -3.31. The molecule has 2 aromatic rings. The van der Waals surface area contributed by atoms with Crippen molar-refractivity contribution in [3.05, 3.63) is 64.8 Å². The van der Waals surface area contributed by atoms with Gasteiger partial charge in [0.15, 0.2) is 10.8 Å². The maximum absolute atomic E-state index is 14.7. The molecule has 158 valence electrons. The number of rotatable bonds is 3. The van der Waals surface area contributed by atoms with Crippen molar-refractivity contribution in [3.8, 4) is 0 Å². The molecule has 2 fully saturated rings. The topological polar surface area (TPSA) is 57.0 Å². The SMILES string of the molecule is [C-]#[N+]c1ccc(N2C(=O)C3(CCCC3)N(c3ccc(C(=O)NC)c(F)c3)C2=S)cc1C. The highest BCUT2D eigenvalue weighted by molar-refractivity contribution is 7.81. The number of nitrogens with one attached hydrogen (secondary N) is 1. The van der Waals surface area contributed by atoms with Crippen LogP contribution in [0.4, 0.5) is 21.5 Å². The molecule has 2 aromatic carbocycles. The first-order valence-corrected chi connectivity index (χ1v) is 10.4. The Morgan fingerprint density at radius 2 is 1.87 bits per heavy atom. The van der Waals surface area contributed by atoms with E-state index in [4.69, 9.17) is 18.8 Å². The van der Waals surface area contributed by atoms with Gasteiger partial charge in [-0.25, -0.2) is 9.24 Å². The van der Waals surface area contributed by atoms with Crippen molar-refractivity contribution in [1.82, 2.24) is 5.32 Å². The third kappa shape index (κ3) is 3.17. The Labute approximate surface area is 185 Å². The molecule has 0 atom stereocenters. The number of benzene rings is 2. The number of nitrogens with zero attached hydrogens (tertiary/aromatic N) is 3. The average Bonchev–Trinajstić information content (AvgIpc) is 3.31. The number of hydrogen-bond acceptors (Lipinski definition) is 3. The van der Waals surface area contributed by atoms with E-state index in [0.29, 0.717) is 29.9 Å². The van der Waals surface area contributed by atoms with Crippen LogP contribution in [0.2, 0.25) is 0 Å². The number of aryl methyl sites for hydroxylation is 1. The molecular weight excluding hydrogens is 415 g/mol. The smallest absolute Gasteiger partial charge is 0.259 e. The maximum Gasteiger partial charge on any atom is 0.259 e. The normalized spacial score (nSPS) is 17.4. The van der Waals surface area contributed by atoms with Gasteiger partial charge in [-0.2, -0.15) is 0 Å². The largest absolute Gasteiger partial charge is 0.355 e. The molecule has 0 bridgehead atoms. The Bertz CT molecular complexity index is 1150. The second-order valence-electron chi connectivity index (χ2n) is 7.82. The van der Waals surface area contributed by atoms with Crippen molar-refractivity contribution in [2.45, 2.75) is 38.1 Å². The standard InChI is InChI=1S/C23H21FN4O2S/c1-14-12-15(7-9-19(14)25-2)27-21(30)23(10-4-5-11-23)28(22(27)31)16-6-8-17(18(24)13-16)20(29)26-3/h6-9,12-13H,4-5,10-11H2,1,3H3,(H,26,29). The predicted octanol–water partition coefficient (Wildman–Crippen LogP) is 4.50. The summed E-state index contributed by atoms with van der Waals surface area (Å²) >= 11 is 5.74. The van der Waals surface area contributed by atoms with Gasteiger partial charge < -0.3 is 10.2 Å². The van der Waals surface area contributed by atoms with Crippen molar-refractivity contribution >= 4 is 46.2 Å². The highest BCUT2D eigenvalue weighted by Crippen LogP contribution is 2.46. The lowest BCUT2D eigenvalue weighted by Gasteiger charge is -2.32. The average molecular weight is 437 g/mol. The van der Waals surface area contributed by atoms with Crippen LogP contribution in [0.15, 0.2) is 36.4 Å². The van der Waals surface area contributed by atoms with Gasteiger partial charge >= 0.3 is 0 Å². The fourth-order valence-corrected chi connectivity index (χ4v) is 4.99. The van der Waals surface area contributed by atoms with E-state index in [-0.39, 0.29) is 16.6 Å². The zero-order valence-corrected chi connectivity index (χ0v) is 18.1. The first-order chi connectivity index (χ1) is 14.8. The molecule has 2 aliphatic rings. The van der Waals surface area contributed by atoms with Gasteiger partial charge in [0.1, 0.15) is 11.4 Å². The summed E-state index contributed by atoms with van der Waals surface area (Å²) in [5.74, 6) is -1.33. The van der Waals surface area contributed by atoms with Gasteiger partial charge in [0.25, 0.3) is 11.8 Å². The monoisotopic (exact) mass is 436 g/mol. The van der Waals surface area contributed by atoms with Gasteiger partial charge in [0, 0.05) is 18.4 Å². The van der Waals surface area contributed by atoms with Crippen LogP contribution < -0.4 is 15.1 Å². The van der Waals surface area contributed by atoms with Crippen molar-refractivity contribution < 1.29 is 14.0 Å². The summed E-state index contributed by atoms with van der Waals surface area (Å²) in [6, 6.07) is 9.47. The molecule has 8 heteroatoms. The molecule has 2 amide bonds. The molecule has 1 heterocycles. The van der Waals surface area contributed by atoms with Gasteiger partial charge in [-0.15, -0.1) is 0 Å². The Morgan fingerprint density at radius 1 is 1.19 bits per heavy atom. The highest BCUT2D eigenvalue weighted by Gasteiger charge is 2.57. The summed E-state index contributed by atoms with van der Waals surface area (Å²) in [5, 5.41) is 2.69. The van der Waals surface area contributed by atoms with E-state index >= 15 is 0 Å². The lowest BCUT2D eigenvalue weighted by Crippen LogP contribution is -2.47. The van der Waals surface area contributed by atoms with E-state index in [1.54, 1.807) is 29.2 Å². The quantitative estimate of drug-likeness (QED) is 0.569. The third-order valence-corrected chi connectivity index (χ3v) is 6.45. The summed E-state index contributed by atoms with van der Waals surface area (Å²) < 4.78 is 14.7. The van der Waals surface area contributed by atoms with Crippen LogP contribution in [0.1, 0.15) is 41.6 Å². The molecule has 1 saturated carbocycles. The van der Waals surface area contributed by atoms with Gasteiger partial charge in [0.2, 0.25) is 0 Å². The van der Waals surface area contributed by atoms with Gasteiger partial charge in [-0.3, -0.25) is 14.5 Å². The van der Waals surface area contributed by atoms with Gasteiger partial charge in [0.05, 0.1) is 12.1 Å². The lowest BCUT2D eigenvalue weighted by atomic mass is 9.94. The predicted molar refractivity (Wildman–Crippen MR) is 121 cm³/mol. The Morgan fingerprint density at radius 3 is 2.45 bits per heavy atom. The minimum Gasteiger partial charge on any atom is -0.355 e. The van der Waals surface area contributed by atoms with Crippen molar-refractivity contribution in [2.75, 3.05) is 16.8 Å². The van der Waals surface area contributed by atoms with Crippen LogP contribution in [-0.4, -0.2) is 29.5 Å². The number of carbonyl (C=O) groups is 2. The van der Waals surface area contributed by atoms with Crippen LogP contribution in [0.5, 0.6) is 0 Å². The molecule has 0 radical (unpaired) electrons. The molecule has 1 saturated heterocycles. The minimum atomic E-state index is -0.871. The molecule has 4 rings (SSSR count). The Balaban J connectivity index is 1.81. The van der Waals surface area contributed by atoms with Crippen LogP contribution >= 0.6 is 12.2 Å². The molecule has 31 heavy (non-hydrogen) atoms. The summed E-state index contributed by atoms with van der Waals surface area (Å²) in [4.78, 5) is 32.3. The number of hydrogen-bond donors (Lipinski definition) is 1. The second kappa shape index (κ2) is 7.75. The molecular formula is C23H21FN4O2S. The van der Waals surface area contributed by atoms with Crippen molar-refractivity contribution in [2.24, 2.45) is 0 Å². The summed E-state index contributed by atoms with van der Waals surface area (Å²) in [6.45, 7) is 9.06. The molecule has 1 spiro atoms. The molecule has 0 aromatic heterocycles. The minimum absolute atomic E-state index is 0.0645. The fourth-order valence-electron chi connectivity index (χ4n) is 4.52. The summed E-state index contributed by atoms with van der Waals surface area (Å²) in [5.41, 5.74) is 1.37. The molecule has 1 N–H and O–H groups in total. The van der Waals surface area contributed by atoms with Crippen LogP contribution in [-0.2, 0) is 4.79 Å². The lowest BCUT2D eigenvalue weighted by molar-refractivity contribution is -0.121. The fraction of sp³-hybridized carbons (Fsp3) is 0.304. The molecule has 6 nitrogen and oxygen atoms in total. The van der Waals surface area contributed by atoms with E-state index in [1.165, 1.54) is 24.1 Å². The summed E-state index contributed by atoms with van der Waals surface area (Å²) in [6.07, 6.45) is 2.96.